The van der Waals surface area contributed by atoms with E-state index in [1.54, 1.807) is 6.07 Å². The summed E-state index contributed by atoms with van der Waals surface area (Å²) in [5.41, 5.74) is 5.41. The van der Waals surface area contributed by atoms with Crippen LogP contribution in [0.2, 0.25) is 0 Å². The SMILES string of the molecule is CCOC(=O)c1c(CN2CCCCC2)n(C)c2c1cc(OC(C)=O)c1c2c(-c2ccccc2)nn1-c1ccccc1. The molecule has 0 bridgehead atoms. The van der Waals surface area contributed by atoms with Crippen LogP contribution in [0.15, 0.2) is 66.7 Å². The second-order valence-electron chi connectivity index (χ2n) is 10.5. The van der Waals surface area contributed by atoms with Gasteiger partial charge in [0.25, 0.3) is 0 Å². The molecule has 1 fully saturated rings. The molecule has 1 saturated heterocycles. The lowest BCUT2D eigenvalue weighted by atomic mass is 10.0. The molecule has 2 aromatic heterocycles. The maximum Gasteiger partial charge on any atom is 0.340 e. The Balaban J connectivity index is 1.75. The molecule has 1 aliphatic rings. The fraction of sp³-hybridized carbons (Fsp3) is 0.303. The average molecular weight is 551 g/mol. The summed E-state index contributed by atoms with van der Waals surface area (Å²) in [5, 5.41) is 6.61. The van der Waals surface area contributed by atoms with Crippen molar-refractivity contribution in [3.63, 3.8) is 0 Å². The van der Waals surface area contributed by atoms with Crippen LogP contribution in [0.25, 0.3) is 38.8 Å². The zero-order valence-corrected chi connectivity index (χ0v) is 23.7. The van der Waals surface area contributed by atoms with Crippen molar-refractivity contribution in [1.29, 1.82) is 0 Å². The van der Waals surface area contributed by atoms with Crippen molar-refractivity contribution >= 4 is 33.7 Å². The van der Waals surface area contributed by atoms with Crippen molar-refractivity contribution in [2.45, 2.75) is 39.7 Å². The highest BCUT2D eigenvalue weighted by atomic mass is 16.5. The third kappa shape index (κ3) is 4.89. The van der Waals surface area contributed by atoms with Crippen LogP contribution >= 0.6 is 0 Å². The molecule has 0 radical (unpaired) electrons. The number of carbonyl (C=O) groups is 2. The fourth-order valence-corrected chi connectivity index (χ4v) is 6.00. The molecule has 0 amide bonds. The highest BCUT2D eigenvalue weighted by Crippen LogP contribution is 2.43. The Kier molecular flexibility index (Phi) is 7.32. The molecule has 1 aliphatic heterocycles. The quantitative estimate of drug-likeness (QED) is 0.176. The van der Waals surface area contributed by atoms with Crippen LogP contribution in [0.3, 0.4) is 0 Å². The standard InChI is InChI=1S/C33H34N4O4/c1-4-40-33(39)28-25-20-27(41-22(2)38)32-29(31(25)35(3)26(28)21-36-18-12-7-13-19-36)30(23-14-8-5-9-15-23)34-37(32)24-16-10-6-11-17-24/h5-6,8-11,14-17,20H,4,7,12-13,18-19,21H2,1-3H3. The van der Waals surface area contributed by atoms with Crippen LogP contribution in [0.5, 0.6) is 5.75 Å². The number of esters is 2. The molecule has 0 spiro atoms. The Morgan fingerprint density at radius 2 is 1.61 bits per heavy atom. The van der Waals surface area contributed by atoms with E-state index in [0.29, 0.717) is 28.8 Å². The van der Waals surface area contributed by atoms with E-state index in [1.807, 2.05) is 79.3 Å². The molecule has 0 saturated carbocycles. The van der Waals surface area contributed by atoms with Gasteiger partial charge in [0.15, 0.2) is 5.75 Å². The van der Waals surface area contributed by atoms with Crippen LogP contribution < -0.4 is 4.74 Å². The zero-order chi connectivity index (χ0) is 28.5. The second-order valence-corrected chi connectivity index (χ2v) is 10.5. The van der Waals surface area contributed by atoms with Crippen LogP contribution in [0.1, 0.15) is 49.2 Å². The first-order valence-corrected chi connectivity index (χ1v) is 14.2. The van der Waals surface area contributed by atoms with Gasteiger partial charge in [0.2, 0.25) is 0 Å². The van der Waals surface area contributed by atoms with E-state index in [2.05, 4.69) is 9.47 Å². The van der Waals surface area contributed by atoms with E-state index < -0.39 is 5.97 Å². The number of hydrogen-bond donors (Lipinski definition) is 0. The summed E-state index contributed by atoms with van der Waals surface area (Å²) in [6, 6.07) is 21.6. The molecule has 0 N–H and O–H groups in total. The van der Waals surface area contributed by atoms with Crippen LogP contribution in [-0.2, 0) is 23.1 Å². The Morgan fingerprint density at radius 1 is 0.927 bits per heavy atom. The smallest absolute Gasteiger partial charge is 0.340 e. The highest BCUT2D eigenvalue weighted by molar-refractivity contribution is 6.19. The van der Waals surface area contributed by atoms with Crippen molar-refractivity contribution in [3.05, 3.63) is 78.0 Å². The summed E-state index contributed by atoms with van der Waals surface area (Å²) in [5.74, 6) is -0.482. The summed E-state index contributed by atoms with van der Waals surface area (Å²) >= 11 is 0. The minimum atomic E-state index is -0.449. The zero-order valence-electron chi connectivity index (χ0n) is 23.7. The maximum atomic E-state index is 13.6. The summed E-state index contributed by atoms with van der Waals surface area (Å²) in [4.78, 5) is 28.4. The molecule has 0 atom stereocenters. The number of para-hydroxylation sites is 1. The van der Waals surface area contributed by atoms with Gasteiger partial charge in [0, 0.05) is 37.2 Å². The first-order chi connectivity index (χ1) is 20.0. The van der Waals surface area contributed by atoms with Gasteiger partial charge in [-0.05, 0) is 51.1 Å². The molecule has 3 heterocycles. The van der Waals surface area contributed by atoms with Gasteiger partial charge in [-0.25, -0.2) is 9.48 Å². The molecule has 8 nitrogen and oxygen atoms in total. The van der Waals surface area contributed by atoms with Crippen LogP contribution in [0, 0.1) is 0 Å². The summed E-state index contributed by atoms with van der Waals surface area (Å²) in [6.45, 7) is 6.05. The second kappa shape index (κ2) is 11.2. The summed E-state index contributed by atoms with van der Waals surface area (Å²) in [6.07, 6.45) is 3.50. The van der Waals surface area contributed by atoms with E-state index in [9.17, 15) is 9.59 Å². The Labute approximate surface area is 239 Å². The number of rotatable bonds is 7. The van der Waals surface area contributed by atoms with Crippen molar-refractivity contribution in [3.8, 4) is 22.7 Å². The van der Waals surface area contributed by atoms with Gasteiger partial charge < -0.3 is 14.0 Å². The van der Waals surface area contributed by atoms with Crippen LogP contribution in [-0.4, -0.2) is 50.9 Å². The summed E-state index contributed by atoms with van der Waals surface area (Å²) < 4.78 is 15.4. The molecule has 6 rings (SSSR count). The molecule has 8 heteroatoms. The van der Waals surface area contributed by atoms with Gasteiger partial charge in [-0.15, -0.1) is 0 Å². The predicted octanol–water partition coefficient (Wildman–Crippen LogP) is 6.27. The minimum absolute atomic E-state index is 0.263. The number of fused-ring (bicyclic) bond motifs is 3. The normalized spacial score (nSPS) is 14.0. The lowest BCUT2D eigenvalue weighted by molar-refractivity contribution is -0.131. The van der Waals surface area contributed by atoms with E-state index >= 15 is 0 Å². The molecule has 0 aliphatic carbocycles. The lowest BCUT2D eigenvalue weighted by Crippen LogP contribution is -2.30. The number of likely N-dealkylation sites (tertiary alicyclic amines) is 1. The number of nitrogens with zero attached hydrogens (tertiary/aromatic N) is 4. The number of hydrogen-bond acceptors (Lipinski definition) is 6. The number of aryl methyl sites for hydroxylation is 1. The van der Waals surface area contributed by atoms with Gasteiger partial charge in [0.1, 0.15) is 11.2 Å². The van der Waals surface area contributed by atoms with Gasteiger partial charge in [-0.1, -0.05) is 55.0 Å². The summed E-state index contributed by atoms with van der Waals surface area (Å²) in [7, 11) is 2.00. The van der Waals surface area contributed by atoms with Crippen molar-refractivity contribution in [2.24, 2.45) is 7.05 Å². The van der Waals surface area contributed by atoms with Crippen molar-refractivity contribution in [1.82, 2.24) is 19.2 Å². The van der Waals surface area contributed by atoms with E-state index in [1.165, 1.54) is 13.3 Å². The largest absolute Gasteiger partial charge is 0.462 e. The molecular weight excluding hydrogens is 516 g/mol. The van der Waals surface area contributed by atoms with Crippen molar-refractivity contribution < 1.29 is 19.1 Å². The van der Waals surface area contributed by atoms with Gasteiger partial charge in [-0.3, -0.25) is 9.69 Å². The Hall–Kier alpha value is -4.43. The molecule has 210 valence electrons. The Morgan fingerprint density at radius 3 is 2.27 bits per heavy atom. The van der Waals surface area contributed by atoms with E-state index in [0.717, 1.165) is 59.5 Å². The number of benzene rings is 3. The molecule has 0 unspecified atom stereocenters. The third-order valence-corrected chi connectivity index (χ3v) is 7.79. The van der Waals surface area contributed by atoms with Gasteiger partial charge >= 0.3 is 11.9 Å². The topological polar surface area (TPSA) is 78.6 Å². The molecule has 41 heavy (non-hydrogen) atoms. The Bertz CT molecular complexity index is 1730. The molecule has 5 aromatic rings. The number of piperidine rings is 1. The predicted molar refractivity (Wildman–Crippen MR) is 159 cm³/mol. The third-order valence-electron chi connectivity index (χ3n) is 7.79. The minimum Gasteiger partial charge on any atom is -0.462 e. The number of aromatic nitrogens is 3. The van der Waals surface area contributed by atoms with E-state index in [4.69, 9.17) is 14.6 Å². The number of ether oxygens (including phenoxy) is 2. The number of carbonyl (C=O) groups excluding carboxylic acids is 2. The molecular formula is C33H34N4O4. The maximum absolute atomic E-state index is 13.6. The monoisotopic (exact) mass is 550 g/mol. The van der Waals surface area contributed by atoms with Crippen molar-refractivity contribution in [2.75, 3.05) is 19.7 Å². The fourth-order valence-electron chi connectivity index (χ4n) is 6.00. The van der Waals surface area contributed by atoms with Gasteiger partial charge in [-0.2, -0.15) is 5.10 Å². The highest BCUT2D eigenvalue weighted by Gasteiger charge is 2.30. The van der Waals surface area contributed by atoms with E-state index in [-0.39, 0.29) is 12.6 Å². The van der Waals surface area contributed by atoms with Gasteiger partial charge in [0.05, 0.1) is 28.8 Å². The average Bonchev–Trinajstić information content (AvgIpc) is 3.50. The first kappa shape index (κ1) is 26.8. The van der Waals surface area contributed by atoms with Crippen LogP contribution in [0.4, 0.5) is 0 Å². The first-order valence-electron chi connectivity index (χ1n) is 14.2. The lowest BCUT2D eigenvalue weighted by Gasteiger charge is -2.27. The molecule has 3 aromatic carbocycles.